The summed E-state index contributed by atoms with van der Waals surface area (Å²) in [4.78, 5) is 30.5. The number of nitrogens with zero attached hydrogens (tertiary/aromatic N) is 2. The molecule has 1 saturated carbocycles. The average Bonchev–Trinajstić information content (AvgIpc) is 3.08. The van der Waals surface area contributed by atoms with Crippen LogP contribution in [0.25, 0.3) is 0 Å². The predicted octanol–water partition coefficient (Wildman–Crippen LogP) is 7.89. The highest BCUT2D eigenvalue weighted by molar-refractivity contribution is 7.92. The second-order valence-corrected chi connectivity index (χ2v) is 15.2. The molecule has 0 bridgehead atoms. The van der Waals surface area contributed by atoms with Gasteiger partial charge in [0.15, 0.2) is 0 Å². The first-order valence-corrected chi connectivity index (χ1v) is 18.4. The van der Waals surface area contributed by atoms with E-state index in [9.17, 15) is 18.0 Å². The summed E-state index contributed by atoms with van der Waals surface area (Å²) in [6.45, 7) is 3.21. The highest BCUT2D eigenvalue weighted by atomic mass is 35.5. The van der Waals surface area contributed by atoms with E-state index in [-0.39, 0.29) is 35.5 Å². The van der Waals surface area contributed by atoms with Gasteiger partial charge < -0.3 is 10.2 Å². The van der Waals surface area contributed by atoms with Crippen molar-refractivity contribution in [2.75, 3.05) is 10.8 Å². The van der Waals surface area contributed by atoms with Crippen LogP contribution in [0.5, 0.6) is 0 Å². The fourth-order valence-electron chi connectivity index (χ4n) is 5.99. The topological polar surface area (TPSA) is 86.8 Å². The van der Waals surface area contributed by atoms with Gasteiger partial charge in [-0.1, -0.05) is 109 Å². The van der Waals surface area contributed by atoms with Gasteiger partial charge in [-0.3, -0.25) is 13.9 Å². The summed E-state index contributed by atoms with van der Waals surface area (Å²) in [6.07, 6.45) is 5.21. The lowest BCUT2D eigenvalue weighted by atomic mass is 9.94. The first kappa shape index (κ1) is 35.5. The van der Waals surface area contributed by atoms with Gasteiger partial charge in [-0.05, 0) is 79.8 Å². The van der Waals surface area contributed by atoms with Crippen LogP contribution in [0.2, 0.25) is 10.0 Å². The van der Waals surface area contributed by atoms with Crippen LogP contribution >= 0.6 is 23.2 Å². The van der Waals surface area contributed by atoms with Crippen LogP contribution in [-0.4, -0.2) is 43.8 Å². The summed E-state index contributed by atoms with van der Waals surface area (Å²) in [5.74, 6) is -0.795. The third-order valence-corrected chi connectivity index (χ3v) is 11.3. The Bertz CT molecular complexity index is 1810. The number of rotatable bonds is 12. The zero-order valence-corrected chi connectivity index (χ0v) is 29.6. The second-order valence-electron chi connectivity index (χ2n) is 12.5. The molecule has 10 heteroatoms. The molecule has 2 amide bonds. The highest BCUT2D eigenvalue weighted by Gasteiger charge is 2.35. The van der Waals surface area contributed by atoms with Gasteiger partial charge in [-0.15, -0.1) is 0 Å². The van der Waals surface area contributed by atoms with Gasteiger partial charge in [0.2, 0.25) is 11.8 Å². The molecule has 0 spiro atoms. The van der Waals surface area contributed by atoms with Crippen LogP contribution in [0.4, 0.5) is 5.69 Å². The minimum Gasteiger partial charge on any atom is -0.352 e. The smallest absolute Gasteiger partial charge is 0.264 e. The van der Waals surface area contributed by atoms with Gasteiger partial charge in [0, 0.05) is 29.1 Å². The maximum atomic E-state index is 14.7. The van der Waals surface area contributed by atoms with Crippen LogP contribution in [0, 0.1) is 13.8 Å². The van der Waals surface area contributed by atoms with Crippen molar-refractivity contribution in [3.05, 3.63) is 129 Å². The molecule has 252 valence electrons. The Morgan fingerprint density at radius 3 is 2.15 bits per heavy atom. The Morgan fingerprint density at radius 1 is 0.833 bits per heavy atom. The quantitative estimate of drug-likeness (QED) is 0.162. The number of aryl methyl sites for hydroxylation is 2. The summed E-state index contributed by atoms with van der Waals surface area (Å²) in [7, 11) is -4.23. The molecule has 1 atom stereocenters. The maximum Gasteiger partial charge on any atom is 0.264 e. The lowest BCUT2D eigenvalue weighted by Crippen LogP contribution is -2.55. The Balaban J connectivity index is 1.57. The van der Waals surface area contributed by atoms with E-state index >= 15 is 0 Å². The molecular formula is C38H41Cl2N3O4S. The van der Waals surface area contributed by atoms with Crippen LogP contribution in [0.1, 0.15) is 54.4 Å². The molecular weight excluding hydrogens is 665 g/mol. The fourth-order valence-corrected chi connectivity index (χ4v) is 7.69. The number of hydrogen-bond donors (Lipinski definition) is 1. The number of benzene rings is 4. The molecule has 7 nitrogen and oxygen atoms in total. The number of sulfonamides is 1. The van der Waals surface area contributed by atoms with E-state index in [1.54, 1.807) is 42.5 Å². The molecule has 1 N–H and O–H groups in total. The Kier molecular flexibility index (Phi) is 11.8. The predicted molar refractivity (Wildman–Crippen MR) is 193 cm³/mol. The maximum absolute atomic E-state index is 14.7. The van der Waals surface area contributed by atoms with Gasteiger partial charge in [0.25, 0.3) is 10.0 Å². The molecule has 4 aromatic rings. The van der Waals surface area contributed by atoms with E-state index in [0.29, 0.717) is 10.0 Å². The normalized spacial score (nSPS) is 14.2. The van der Waals surface area contributed by atoms with Gasteiger partial charge in [0.1, 0.15) is 12.6 Å². The van der Waals surface area contributed by atoms with Crippen molar-refractivity contribution in [2.45, 2.75) is 75.9 Å². The fraction of sp³-hybridized carbons (Fsp3) is 0.316. The second kappa shape index (κ2) is 16.0. The highest BCUT2D eigenvalue weighted by Crippen LogP contribution is 2.29. The largest absolute Gasteiger partial charge is 0.352 e. The lowest BCUT2D eigenvalue weighted by molar-refractivity contribution is -0.140. The molecule has 1 aliphatic carbocycles. The monoisotopic (exact) mass is 705 g/mol. The Morgan fingerprint density at radius 2 is 1.50 bits per heavy atom. The van der Waals surface area contributed by atoms with E-state index in [1.165, 1.54) is 17.0 Å². The SMILES string of the molecule is Cc1ccc(S(=O)(=O)N(CC(=O)N(Cc2ccc(Cl)cc2)C(Cc2ccccc2)C(=O)NC2CCCCC2)c2ccc(C)c(Cl)c2)cc1. The van der Waals surface area contributed by atoms with Crippen molar-refractivity contribution in [1.82, 2.24) is 10.2 Å². The van der Waals surface area contributed by atoms with Crippen molar-refractivity contribution >= 4 is 50.7 Å². The summed E-state index contributed by atoms with van der Waals surface area (Å²) in [6, 6.07) is 27.1. The molecule has 4 aromatic carbocycles. The van der Waals surface area contributed by atoms with Crippen molar-refractivity contribution in [1.29, 1.82) is 0 Å². The van der Waals surface area contributed by atoms with E-state index < -0.39 is 28.5 Å². The molecule has 48 heavy (non-hydrogen) atoms. The third kappa shape index (κ3) is 8.98. The molecule has 0 heterocycles. The number of amides is 2. The molecule has 1 fully saturated rings. The number of carbonyl (C=O) groups is 2. The van der Waals surface area contributed by atoms with Crippen LogP contribution in [0.3, 0.4) is 0 Å². The number of carbonyl (C=O) groups excluding carboxylic acids is 2. The van der Waals surface area contributed by atoms with Crippen LogP contribution < -0.4 is 9.62 Å². The first-order valence-electron chi connectivity index (χ1n) is 16.2. The van der Waals surface area contributed by atoms with Crippen molar-refractivity contribution in [3.8, 4) is 0 Å². The summed E-state index contributed by atoms with van der Waals surface area (Å²) in [5.41, 5.74) is 3.55. The summed E-state index contributed by atoms with van der Waals surface area (Å²) < 4.78 is 29.6. The summed E-state index contributed by atoms with van der Waals surface area (Å²) >= 11 is 12.7. The van der Waals surface area contributed by atoms with E-state index in [1.807, 2.05) is 56.3 Å². The average molecular weight is 707 g/mol. The molecule has 5 rings (SSSR count). The van der Waals surface area contributed by atoms with Crippen molar-refractivity contribution in [2.24, 2.45) is 0 Å². The van der Waals surface area contributed by atoms with Gasteiger partial charge in [-0.2, -0.15) is 0 Å². The number of anilines is 1. The van der Waals surface area contributed by atoms with Crippen LogP contribution in [-0.2, 0) is 32.6 Å². The standard InChI is InChI=1S/C38H41Cl2N3O4S/c1-27-13-21-34(22-14-27)48(46,47)43(33-20-15-28(2)35(40)24-33)26-37(44)42(25-30-16-18-31(39)19-17-30)36(23-29-9-5-3-6-10-29)38(45)41-32-11-7-4-8-12-32/h3,5-6,9-10,13-22,24,32,36H,4,7-8,11-12,23,25-26H2,1-2H3,(H,41,45). The lowest BCUT2D eigenvalue weighted by Gasteiger charge is -2.35. The minimum atomic E-state index is -4.23. The van der Waals surface area contributed by atoms with E-state index in [4.69, 9.17) is 23.2 Å². The van der Waals surface area contributed by atoms with Crippen molar-refractivity contribution in [3.63, 3.8) is 0 Å². The van der Waals surface area contributed by atoms with E-state index in [0.717, 1.165) is 58.7 Å². The molecule has 0 radical (unpaired) electrons. The molecule has 0 saturated heterocycles. The van der Waals surface area contributed by atoms with E-state index in [2.05, 4.69) is 5.32 Å². The number of nitrogens with one attached hydrogen (secondary N) is 1. The first-order chi connectivity index (χ1) is 23.0. The van der Waals surface area contributed by atoms with Crippen molar-refractivity contribution < 1.29 is 18.0 Å². The van der Waals surface area contributed by atoms with Crippen LogP contribution in [0.15, 0.2) is 102 Å². The molecule has 0 aromatic heterocycles. The number of hydrogen-bond acceptors (Lipinski definition) is 4. The zero-order valence-electron chi connectivity index (χ0n) is 27.2. The van der Waals surface area contributed by atoms with Gasteiger partial charge in [-0.25, -0.2) is 8.42 Å². The summed E-state index contributed by atoms with van der Waals surface area (Å²) in [5, 5.41) is 4.14. The van der Waals surface area contributed by atoms with Gasteiger partial charge in [0.05, 0.1) is 10.6 Å². The minimum absolute atomic E-state index is 0.0186. The molecule has 1 aliphatic rings. The Hall–Kier alpha value is -3.85. The third-order valence-electron chi connectivity index (χ3n) is 8.82. The zero-order chi connectivity index (χ0) is 34.3. The Labute approximate surface area is 293 Å². The molecule has 1 unspecified atom stereocenters. The number of halogens is 2. The van der Waals surface area contributed by atoms with Gasteiger partial charge >= 0.3 is 0 Å². The molecule has 0 aliphatic heterocycles.